The zero-order chi connectivity index (χ0) is 14.8. The molecule has 2 rings (SSSR count). The monoisotopic (exact) mass is 299 g/mol. The maximum absolute atomic E-state index is 11.7. The quantitative estimate of drug-likeness (QED) is 0.587. The molecule has 0 bridgehead atoms. The second-order valence-electron chi connectivity index (χ2n) is 4.46. The second-order valence-corrected chi connectivity index (χ2v) is 6.10. The maximum atomic E-state index is 11.7. The van der Waals surface area contributed by atoms with Crippen molar-refractivity contribution in [2.24, 2.45) is 0 Å². The minimum atomic E-state index is -3.55. The molecule has 9 heteroatoms. The summed E-state index contributed by atoms with van der Waals surface area (Å²) in [6, 6.07) is 1.55. The van der Waals surface area contributed by atoms with Crippen LogP contribution in [0.15, 0.2) is 12.3 Å². The van der Waals surface area contributed by atoms with Gasteiger partial charge in [-0.05, 0) is 12.5 Å². The molecule has 1 saturated heterocycles. The minimum Gasteiger partial charge on any atom is -0.296 e. The normalized spacial score (nSPS) is 19.8. The molecule has 1 N–H and O–H groups in total. The van der Waals surface area contributed by atoms with Crippen molar-refractivity contribution < 1.29 is 22.2 Å². The Bertz CT molecular complexity index is 643. The molecule has 0 aliphatic carbocycles. The van der Waals surface area contributed by atoms with Crippen LogP contribution in [0.25, 0.3) is 0 Å². The molecule has 0 aromatic carbocycles. The Morgan fingerprint density at radius 2 is 2.20 bits per heavy atom. The molecule has 1 unspecified atom stereocenters. The van der Waals surface area contributed by atoms with Crippen LogP contribution < -0.4 is 5.32 Å². The van der Waals surface area contributed by atoms with E-state index in [9.17, 15) is 18.0 Å². The molecule has 0 saturated carbocycles. The van der Waals surface area contributed by atoms with Crippen LogP contribution in [0.3, 0.4) is 0 Å². The van der Waals surface area contributed by atoms with Crippen LogP contribution in [0.1, 0.15) is 30.0 Å². The van der Waals surface area contributed by atoms with Crippen LogP contribution in [-0.4, -0.2) is 36.7 Å². The fourth-order valence-electron chi connectivity index (χ4n) is 1.83. The summed E-state index contributed by atoms with van der Waals surface area (Å²) in [7, 11) is -3.55. The summed E-state index contributed by atoms with van der Waals surface area (Å²) in [6.45, 7) is -0.172. The summed E-state index contributed by atoms with van der Waals surface area (Å²) in [5.41, 5.74) is 0.884. The standard InChI is InChI=1S/C11H13N3O5S/c1-20(17,18)19-6-7-4-9(14-12-5-7)8-2-3-10(15)13-11(8)16/h4-5,8H,2-3,6H2,1H3,(H,13,15,16). The maximum Gasteiger partial charge on any atom is 0.264 e. The van der Waals surface area contributed by atoms with Gasteiger partial charge in [-0.2, -0.15) is 18.6 Å². The van der Waals surface area contributed by atoms with E-state index in [4.69, 9.17) is 0 Å². The highest BCUT2D eigenvalue weighted by Gasteiger charge is 2.29. The average molecular weight is 299 g/mol. The number of carbonyl (C=O) groups is 2. The molecular formula is C11H13N3O5S. The first-order chi connectivity index (χ1) is 9.35. The first kappa shape index (κ1) is 14.5. The Kier molecular flexibility index (Phi) is 4.09. The summed E-state index contributed by atoms with van der Waals surface area (Å²) in [5.74, 6) is -1.29. The fourth-order valence-corrected chi connectivity index (χ4v) is 2.18. The molecule has 2 heterocycles. The lowest BCUT2D eigenvalue weighted by Crippen LogP contribution is -2.39. The molecular weight excluding hydrogens is 286 g/mol. The zero-order valence-corrected chi connectivity index (χ0v) is 11.5. The second kappa shape index (κ2) is 5.63. The van der Waals surface area contributed by atoms with Gasteiger partial charge in [0.25, 0.3) is 10.1 Å². The third-order valence-electron chi connectivity index (χ3n) is 2.77. The topological polar surface area (TPSA) is 115 Å². The van der Waals surface area contributed by atoms with Crippen LogP contribution in [-0.2, 0) is 30.5 Å². The van der Waals surface area contributed by atoms with Gasteiger partial charge in [0.15, 0.2) is 0 Å². The Morgan fingerprint density at radius 1 is 1.45 bits per heavy atom. The van der Waals surface area contributed by atoms with E-state index in [1.807, 2.05) is 0 Å². The van der Waals surface area contributed by atoms with Gasteiger partial charge in [0.05, 0.1) is 30.7 Å². The number of rotatable bonds is 4. The van der Waals surface area contributed by atoms with Crippen molar-refractivity contribution in [3.8, 4) is 0 Å². The lowest BCUT2D eigenvalue weighted by molar-refractivity contribution is -0.134. The minimum absolute atomic E-state index is 0.172. The lowest BCUT2D eigenvalue weighted by atomic mass is 9.94. The van der Waals surface area contributed by atoms with E-state index in [2.05, 4.69) is 19.7 Å². The fraction of sp³-hybridized carbons (Fsp3) is 0.455. The molecule has 8 nitrogen and oxygen atoms in total. The molecule has 20 heavy (non-hydrogen) atoms. The molecule has 0 radical (unpaired) electrons. The van der Waals surface area contributed by atoms with Crippen molar-refractivity contribution in [1.29, 1.82) is 0 Å². The zero-order valence-electron chi connectivity index (χ0n) is 10.7. The van der Waals surface area contributed by atoms with E-state index in [0.29, 0.717) is 17.7 Å². The summed E-state index contributed by atoms with van der Waals surface area (Å²) < 4.78 is 26.5. The smallest absolute Gasteiger partial charge is 0.264 e. The number of carbonyl (C=O) groups excluding carboxylic acids is 2. The number of aromatic nitrogens is 2. The molecule has 2 amide bonds. The first-order valence-electron chi connectivity index (χ1n) is 5.85. The van der Waals surface area contributed by atoms with E-state index in [1.54, 1.807) is 6.07 Å². The van der Waals surface area contributed by atoms with Gasteiger partial charge in [0, 0.05) is 12.0 Å². The molecule has 1 aliphatic rings. The highest BCUT2D eigenvalue weighted by Crippen LogP contribution is 2.23. The molecule has 1 fully saturated rings. The Labute approximate surface area is 115 Å². The van der Waals surface area contributed by atoms with Crippen LogP contribution in [0.5, 0.6) is 0 Å². The largest absolute Gasteiger partial charge is 0.296 e. The van der Waals surface area contributed by atoms with E-state index >= 15 is 0 Å². The predicted octanol–water partition coefficient (Wildman–Crippen LogP) is -0.527. The first-order valence-corrected chi connectivity index (χ1v) is 7.66. The van der Waals surface area contributed by atoms with Gasteiger partial charge in [-0.25, -0.2) is 0 Å². The number of nitrogens with zero attached hydrogens (tertiary/aromatic N) is 2. The molecule has 108 valence electrons. The predicted molar refractivity (Wildman–Crippen MR) is 66.8 cm³/mol. The number of hydrogen-bond donors (Lipinski definition) is 1. The van der Waals surface area contributed by atoms with Gasteiger partial charge < -0.3 is 0 Å². The lowest BCUT2D eigenvalue weighted by Gasteiger charge is -2.19. The molecule has 1 aromatic heterocycles. The summed E-state index contributed by atoms with van der Waals surface area (Å²) in [5, 5.41) is 9.81. The SMILES string of the molecule is CS(=O)(=O)OCc1cnnc(C2CCC(=O)NC2=O)c1. The number of piperidine rings is 1. The number of imide groups is 1. The van der Waals surface area contributed by atoms with E-state index in [1.165, 1.54) is 6.20 Å². The van der Waals surface area contributed by atoms with Crippen molar-refractivity contribution >= 4 is 21.9 Å². The summed E-state index contributed by atoms with van der Waals surface area (Å²) in [6.07, 6.45) is 2.90. The third-order valence-corrected chi connectivity index (χ3v) is 3.31. The van der Waals surface area contributed by atoms with Crippen molar-refractivity contribution in [2.45, 2.75) is 25.4 Å². The highest BCUT2D eigenvalue weighted by atomic mass is 32.2. The average Bonchev–Trinajstić information content (AvgIpc) is 2.36. The number of hydrogen-bond acceptors (Lipinski definition) is 7. The van der Waals surface area contributed by atoms with E-state index in [-0.39, 0.29) is 18.9 Å². The van der Waals surface area contributed by atoms with Gasteiger partial charge in [0.2, 0.25) is 11.8 Å². The molecule has 1 aliphatic heterocycles. The third kappa shape index (κ3) is 3.81. The van der Waals surface area contributed by atoms with E-state index < -0.39 is 21.9 Å². The van der Waals surface area contributed by atoms with Gasteiger partial charge in [-0.15, -0.1) is 0 Å². The van der Waals surface area contributed by atoms with Crippen LogP contribution in [0.2, 0.25) is 0 Å². The van der Waals surface area contributed by atoms with Crippen LogP contribution in [0, 0.1) is 0 Å². The van der Waals surface area contributed by atoms with E-state index in [0.717, 1.165) is 6.26 Å². The number of nitrogens with one attached hydrogen (secondary N) is 1. The highest BCUT2D eigenvalue weighted by molar-refractivity contribution is 7.85. The Balaban J connectivity index is 2.13. The summed E-state index contributed by atoms with van der Waals surface area (Å²) >= 11 is 0. The summed E-state index contributed by atoms with van der Waals surface area (Å²) in [4.78, 5) is 22.8. The molecule has 1 aromatic rings. The van der Waals surface area contributed by atoms with Crippen molar-refractivity contribution in [3.63, 3.8) is 0 Å². The van der Waals surface area contributed by atoms with Gasteiger partial charge >= 0.3 is 0 Å². The van der Waals surface area contributed by atoms with Gasteiger partial charge in [0.1, 0.15) is 0 Å². The van der Waals surface area contributed by atoms with Crippen molar-refractivity contribution in [1.82, 2.24) is 15.5 Å². The molecule has 0 spiro atoms. The van der Waals surface area contributed by atoms with Crippen LogP contribution >= 0.6 is 0 Å². The Morgan fingerprint density at radius 3 is 2.85 bits per heavy atom. The van der Waals surface area contributed by atoms with Gasteiger partial charge in [-0.1, -0.05) is 0 Å². The van der Waals surface area contributed by atoms with Crippen molar-refractivity contribution in [2.75, 3.05) is 6.26 Å². The van der Waals surface area contributed by atoms with Crippen LogP contribution in [0.4, 0.5) is 0 Å². The van der Waals surface area contributed by atoms with Crippen molar-refractivity contribution in [3.05, 3.63) is 23.5 Å². The molecule has 1 atom stereocenters. The number of amides is 2. The Hall–Kier alpha value is -1.87. The van der Waals surface area contributed by atoms with Gasteiger partial charge in [-0.3, -0.25) is 19.1 Å².